The van der Waals surface area contributed by atoms with E-state index < -0.39 is 0 Å². The molecule has 1 N–H and O–H groups in total. The average Bonchev–Trinajstić information content (AvgIpc) is 2.46. The fourth-order valence-corrected chi connectivity index (χ4v) is 1.42. The van der Waals surface area contributed by atoms with Gasteiger partial charge in [-0.25, -0.2) is 4.98 Å². The molecule has 0 amide bonds. The zero-order valence-corrected chi connectivity index (χ0v) is 7.75. The number of nitrogens with zero attached hydrogens (tertiary/aromatic N) is 2. The van der Waals surface area contributed by atoms with Crippen molar-refractivity contribution in [1.82, 2.24) is 9.38 Å². The van der Waals surface area contributed by atoms with Gasteiger partial charge in [-0.1, -0.05) is 0 Å². The van der Waals surface area contributed by atoms with Gasteiger partial charge in [-0.15, -0.1) is 0 Å². The van der Waals surface area contributed by atoms with E-state index in [1.807, 2.05) is 22.7 Å². The minimum absolute atomic E-state index is 0.784. The monoisotopic (exact) mass is 223 g/mol. The number of fused-ring (bicyclic) bond motifs is 1. The molecule has 0 radical (unpaired) electrons. The van der Waals surface area contributed by atoms with Crippen LogP contribution in [0.5, 0.6) is 0 Å². The highest BCUT2D eigenvalue weighted by molar-refractivity contribution is 9.10. The number of hydrogen-bond donors (Lipinski definition) is 1. The van der Waals surface area contributed by atoms with Gasteiger partial charge in [-0.2, -0.15) is 0 Å². The van der Waals surface area contributed by atoms with E-state index in [0.29, 0.717) is 0 Å². The summed E-state index contributed by atoms with van der Waals surface area (Å²) in [4.78, 5) is 4.12. The Kier molecular flexibility index (Phi) is 1.69. The maximum Gasteiger partial charge on any atom is 0.137 e. The molecule has 4 heteroatoms. The summed E-state index contributed by atoms with van der Waals surface area (Å²) in [6.45, 7) is 0. The van der Waals surface area contributed by atoms with Gasteiger partial charge in [-0.05, 0) is 28.1 Å². The zero-order chi connectivity index (χ0) is 8.55. The van der Waals surface area contributed by atoms with E-state index in [1.54, 1.807) is 6.20 Å². The van der Waals surface area contributed by atoms with Crippen LogP contribution in [0.4, 0.5) is 0 Å². The molecule has 0 aromatic carbocycles. The largest absolute Gasteiger partial charge is 0.307 e. The minimum Gasteiger partial charge on any atom is -0.307 e. The van der Waals surface area contributed by atoms with Crippen LogP contribution >= 0.6 is 15.9 Å². The molecule has 2 heterocycles. The van der Waals surface area contributed by atoms with Gasteiger partial charge in [0.15, 0.2) is 0 Å². The fraction of sp³-hybridized carbons (Fsp3) is 0. The van der Waals surface area contributed by atoms with Crippen LogP contribution in [0.15, 0.2) is 29.0 Å². The van der Waals surface area contributed by atoms with Crippen LogP contribution in [0.2, 0.25) is 0 Å². The van der Waals surface area contributed by atoms with Crippen molar-refractivity contribution >= 4 is 27.8 Å². The molecule has 0 bridgehead atoms. The lowest BCUT2D eigenvalue weighted by Gasteiger charge is -1.95. The van der Waals surface area contributed by atoms with Crippen molar-refractivity contribution in [3.05, 3.63) is 34.7 Å². The number of imidazole rings is 1. The first-order chi connectivity index (χ1) is 5.81. The number of aromatic nitrogens is 2. The third-order valence-corrected chi connectivity index (χ3v) is 2.12. The highest BCUT2D eigenvalue weighted by atomic mass is 79.9. The van der Waals surface area contributed by atoms with E-state index >= 15 is 0 Å². The Morgan fingerprint density at radius 2 is 2.33 bits per heavy atom. The number of rotatable bonds is 1. The lowest BCUT2D eigenvalue weighted by atomic mass is 10.4. The van der Waals surface area contributed by atoms with Crippen LogP contribution in [0, 0.1) is 5.41 Å². The Morgan fingerprint density at radius 3 is 3.08 bits per heavy atom. The Bertz CT molecular complexity index is 433. The second kappa shape index (κ2) is 2.71. The van der Waals surface area contributed by atoms with Gasteiger partial charge in [0.1, 0.15) is 5.65 Å². The van der Waals surface area contributed by atoms with E-state index in [2.05, 4.69) is 20.9 Å². The molecule has 3 nitrogen and oxygen atoms in total. The summed E-state index contributed by atoms with van der Waals surface area (Å²) in [5.41, 5.74) is 1.64. The molecule has 0 unspecified atom stereocenters. The van der Waals surface area contributed by atoms with Crippen LogP contribution in [-0.4, -0.2) is 15.6 Å². The Hall–Kier alpha value is -1.16. The molecule has 2 aromatic heterocycles. The first-order valence-corrected chi connectivity index (χ1v) is 4.23. The summed E-state index contributed by atoms with van der Waals surface area (Å²) in [6.07, 6.45) is 4.85. The first-order valence-electron chi connectivity index (χ1n) is 3.44. The van der Waals surface area contributed by atoms with E-state index in [4.69, 9.17) is 5.41 Å². The van der Waals surface area contributed by atoms with Crippen molar-refractivity contribution < 1.29 is 0 Å². The third kappa shape index (κ3) is 1.04. The number of pyridine rings is 1. The molecular weight excluding hydrogens is 218 g/mol. The van der Waals surface area contributed by atoms with Crippen molar-refractivity contribution in [2.75, 3.05) is 0 Å². The molecule has 0 saturated heterocycles. The molecule has 0 aliphatic carbocycles. The molecule has 0 aliphatic heterocycles. The second-order valence-electron chi connectivity index (χ2n) is 2.40. The Balaban J connectivity index is 2.83. The molecule has 12 heavy (non-hydrogen) atoms. The van der Waals surface area contributed by atoms with Crippen LogP contribution in [0.3, 0.4) is 0 Å². The molecule has 2 rings (SSSR count). The van der Waals surface area contributed by atoms with E-state index in [1.165, 1.54) is 6.21 Å². The predicted molar refractivity (Wildman–Crippen MR) is 50.8 cm³/mol. The van der Waals surface area contributed by atoms with Gasteiger partial charge in [-0.3, -0.25) is 4.40 Å². The van der Waals surface area contributed by atoms with Crippen molar-refractivity contribution in [3.8, 4) is 0 Å². The topological polar surface area (TPSA) is 41.2 Å². The molecule has 0 fully saturated rings. The molecule has 0 aliphatic rings. The van der Waals surface area contributed by atoms with Crippen molar-refractivity contribution in [2.45, 2.75) is 0 Å². The predicted octanol–water partition coefficient (Wildman–Crippen LogP) is 2.09. The first kappa shape index (κ1) is 7.49. The SMILES string of the molecule is N=Cc1cnc2ccc(Br)cn12. The van der Waals surface area contributed by atoms with Crippen molar-refractivity contribution in [2.24, 2.45) is 0 Å². The van der Waals surface area contributed by atoms with Gasteiger partial charge in [0, 0.05) is 16.9 Å². The van der Waals surface area contributed by atoms with E-state index in [9.17, 15) is 0 Å². The Labute approximate surface area is 77.7 Å². The minimum atomic E-state index is 0.784. The van der Waals surface area contributed by atoms with Crippen LogP contribution in [-0.2, 0) is 0 Å². The summed E-state index contributed by atoms with van der Waals surface area (Å²) in [7, 11) is 0. The maximum atomic E-state index is 7.11. The highest BCUT2D eigenvalue weighted by Crippen LogP contribution is 2.12. The molecular formula is C8H6BrN3. The van der Waals surface area contributed by atoms with E-state index in [0.717, 1.165) is 15.8 Å². The van der Waals surface area contributed by atoms with Gasteiger partial charge < -0.3 is 5.41 Å². The maximum absolute atomic E-state index is 7.11. The average molecular weight is 224 g/mol. The molecule has 60 valence electrons. The van der Waals surface area contributed by atoms with Crippen LogP contribution in [0.25, 0.3) is 5.65 Å². The summed E-state index contributed by atoms with van der Waals surface area (Å²) in [5, 5.41) is 7.11. The lowest BCUT2D eigenvalue weighted by molar-refractivity contribution is 1.16. The molecule has 0 spiro atoms. The standard InChI is InChI=1S/C8H6BrN3/c9-6-1-2-8-11-4-7(3-10)12(8)5-6/h1-5,10H. The van der Waals surface area contributed by atoms with Crippen molar-refractivity contribution in [3.63, 3.8) is 0 Å². The number of nitrogens with one attached hydrogen (secondary N) is 1. The third-order valence-electron chi connectivity index (χ3n) is 1.65. The molecule has 0 atom stereocenters. The zero-order valence-electron chi connectivity index (χ0n) is 6.16. The lowest BCUT2D eigenvalue weighted by Crippen LogP contribution is -1.89. The highest BCUT2D eigenvalue weighted by Gasteiger charge is 1.99. The summed E-state index contributed by atoms with van der Waals surface area (Å²) in [6, 6.07) is 3.83. The molecule has 0 saturated carbocycles. The smallest absolute Gasteiger partial charge is 0.137 e. The summed E-state index contributed by atoms with van der Waals surface area (Å²) >= 11 is 3.36. The Morgan fingerprint density at radius 1 is 1.50 bits per heavy atom. The normalized spacial score (nSPS) is 10.4. The fourth-order valence-electron chi connectivity index (χ4n) is 1.08. The molecule has 2 aromatic rings. The summed E-state index contributed by atoms with van der Waals surface area (Å²) < 4.78 is 2.84. The number of hydrogen-bond acceptors (Lipinski definition) is 2. The van der Waals surface area contributed by atoms with Crippen LogP contribution in [0.1, 0.15) is 5.69 Å². The van der Waals surface area contributed by atoms with Gasteiger partial charge in [0.2, 0.25) is 0 Å². The van der Waals surface area contributed by atoms with Gasteiger partial charge in [0.25, 0.3) is 0 Å². The van der Waals surface area contributed by atoms with Crippen molar-refractivity contribution in [1.29, 1.82) is 5.41 Å². The number of halogens is 1. The second-order valence-corrected chi connectivity index (χ2v) is 3.32. The van der Waals surface area contributed by atoms with Gasteiger partial charge >= 0.3 is 0 Å². The quantitative estimate of drug-likeness (QED) is 0.740. The van der Waals surface area contributed by atoms with Crippen LogP contribution < -0.4 is 0 Å². The summed E-state index contributed by atoms with van der Waals surface area (Å²) in [5.74, 6) is 0. The van der Waals surface area contributed by atoms with Gasteiger partial charge in [0.05, 0.1) is 11.9 Å². The van der Waals surface area contributed by atoms with E-state index in [-0.39, 0.29) is 0 Å².